The van der Waals surface area contributed by atoms with Crippen molar-refractivity contribution in [2.75, 3.05) is 7.11 Å². The van der Waals surface area contributed by atoms with Crippen molar-refractivity contribution in [1.82, 2.24) is 0 Å². The molecule has 0 spiro atoms. The zero-order valence-electron chi connectivity index (χ0n) is 23.4. The van der Waals surface area contributed by atoms with E-state index < -0.39 is 5.41 Å². The number of fused-ring (bicyclic) bond motifs is 7. The molecule has 0 radical (unpaired) electrons. The highest BCUT2D eigenvalue weighted by Gasteiger charge is 2.70. The molecule has 5 aliphatic carbocycles. The summed E-state index contributed by atoms with van der Waals surface area (Å²) in [6, 6.07) is 0. The van der Waals surface area contributed by atoms with Crippen LogP contribution in [0.4, 0.5) is 0 Å². The molecule has 0 amide bonds. The highest BCUT2D eigenvalue weighted by molar-refractivity contribution is 5.95. The monoisotopic (exact) mass is 484 g/mol. The van der Waals surface area contributed by atoms with Crippen molar-refractivity contribution in [3.63, 3.8) is 0 Å². The molecule has 1 N–H and O–H groups in total. The topological polar surface area (TPSA) is 63.6 Å². The molecule has 35 heavy (non-hydrogen) atoms. The fourth-order valence-corrected chi connectivity index (χ4v) is 10.6. The van der Waals surface area contributed by atoms with Gasteiger partial charge >= 0.3 is 5.97 Å². The fraction of sp³-hybridized carbons (Fsp3) is 0.871. The number of carbonyl (C=O) groups excluding carboxylic acids is 2. The lowest BCUT2D eigenvalue weighted by molar-refractivity contribution is -0.202. The Balaban J connectivity index is 1.61. The third kappa shape index (κ3) is 3.07. The molecular formula is C31H48O4. The molecule has 0 aliphatic heterocycles. The van der Waals surface area contributed by atoms with Crippen molar-refractivity contribution in [3.8, 4) is 0 Å². The molecular weight excluding hydrogens is 436 g/mol. The van der Waals surface area contributed by atoms with Crippen LogP contribution in [0.25, 0.3) is 0 Å². The maximum atomic E-state index is 14.3. The van der Waals surface area contributed by atoms with E-state index in [1.165, 1.54) is 12.7 Å². The zero-order chi connectivity index (χ0) is 25.8. The van der Waals surface area contributed by atoms with Gasteiger partial charge in [0, 0.05) is 5.92 Å². The lowest BCUT2D eigenvalue weighted by Crippen LogP contribution is -2.66. The Morgan fingerprint density at radius 2 is 1.60 bits per heavy atom. The first-order chi connectivity index (χ1) is 16.1. The Bertz CT molecular complexity index is 980. The van der Waals surface area contributed by atoms with Gasteiger partial charge in [0.1, 0.15) is 0 Å². The molecule has 4 nitrogen and oxygen atoms in total. The highest BCUT2D eigenvalue weighted by Crippen LogP contribution is 2.75. The van der Waals surface area contributed by atoms with Gasteiger partial charge in [0.25, 0.3) is 0 Å². The molecule has 4 heteroatoms. The van der Waals surface area contributed by atoms with Gasteiger partial charge in [-0.2, -0.15) is 0 Å². The quantitative estimate of drug-likeness (QED) is 0.431. The van der Waals surface area contributed by atoms with Gasteiger partial charge in [0.05, 0.1) is 18.6 Å². The molecule has 5 rings (SSSR count). The van der Waals surface area contributed by atoms with E-state index in [0.29, 0.717) is 11.7 Å². The van der Waals surface area contributed by atoms with Crippen LogP contribution in [0.15, 0.2) is 11.6 Å². The summed E-state index contributed by atoms with van der Waals surface area (Å²) in [7, 11) is 1.50. The average molecular weight is 485 g/mol. The average Bonchev–Trinajstić information content (AvgIpc) is 2.78. The molecule has 0 aromatic heterocycles. The van der Waals surface area contributed by atoms with Gasteiger partial charge in [0.2, 0.25) is 0 Å². The first kappa shape index (κ1) is 25.5. The number of allylic oxidation sites excluding steroid dienone is 2. The fourth-order valence-electron chi connectivity index (χ4n) is 10.6. The number of methoxy groups -OCH3 is 1. The van der Waals surface area contributed by atoms with Gasteiger partial charge in [-0.25, -0.2) is 0 Å². The molecule has 9 atom stereocenters. The summed E-state index contributed by atoms with van der Waals surface area (Å²) in [5.41, 5.74) is 0.590. The van der Waals surface area contributed by atoms with Gasteiger partial charge in [-0.1, -0.05) is 47.1 Å². The van der Waals surface area contributed by atoms with Gasteiger partial charge in [-0.05, 0) is 110 Å². The number of carbonyl (C=O) groups is 2. The molecule has 0 aromatic rings. The van der Waals surface area contributed by atoms with Crippen molar-refractivity contribution in [2.24, 2.45) is 50.2 Å². The molecule has 0 aromatic carbocycles. The van der Waals surface area contributed by atoms with Crippen LogP contribution in [-0.4, -0.2) is 30.1 Å². The zero-order valence-corrected chi connectivity index (χ0v) is 23.4. The Labute approximate surface area is 212 Å². The first-order valence-corrected chi connectivity index (χ1v) is 14.1. The Hall–Kier alpha value is -1.16. The minimum atomic E-state index is -0.480. The number of esters is 1. The number of ether oxygens (including phenoxy) is 1. The maximum Gasteiger partial charge on any atom is 0.311 e. The number of aliphatic hydroxyl groups is 1. The number of aliphatic hydroxyl groups excluding tert-OH is 1. The number of rotatable bonds is 1. The van der Waals surface area contributed by atoms with Crippen LogP contribution < -0.4 is 0 Å². The second-order valence-corrected chi connectivity index (χ2v) is 15.1. The SMILES string of the molecule is COC(=O)[C@]1(C)CC[C@]2(C)CC[C@]3(C)C(=CC(=O)C4[C@]5(C)CCC(O)C(C)(C)C5CC[C@@]43C)C2C1. The van der Waals surface area contributed by atoms with E-state index in [1.807, 2.05) is 0 Å². The van der Waals surface area contributed by atoms with Crippen LogP contribution in [0.3, 0.4) is 0 Å². The number of hydrogen-bond acceptors (Lipinski definition) is 4. The molecule has 4 unspecified atom stereocenters. The third-order valence-electron chi connectivity index (χ3n) is 13.2. The minimum Gasteiger partial charge on any atom is -0.469 e. The van der Waals surface area contributed by atoms with E-state index in [1.54, 1.807) is 0 Å². The smallest absolute Gasteiger partial charge is 0.311 e. The number of ketones is 1. The Morgan fingerprint density at radius 3 is 2.26 bits per heavy atom. The highest BCUT2D eigenvalue weighted by atomic mass is 16.5. The van der Waals surface area contributed by atoms with Crippen LogP contribution in [0.2, 0.25) is 0 Å². The lowest BCUT2D eigenvalue weighted by atomic mass is 9.33. The predicted octanol–water partition coefficient (Wildman–Crippen LogP) is 6.50. The summed E-state index contributed by atoms with van der Waals surface area (Å²) in [4.78, 5) is 27.1. The van der Waals surface area contributed by atoms with Crippen molar-refractivity contribution >= 4 is 11.8 Å². The third-order valence-corrected chi connectivity index (χ3v) is 13.2. The molecule has 0 saturated heterocycles. The van der Waals surface area contributed by atoms with Gasteiger partial charge in [0.15, 0.2) is 5.78 Å². The summed E-state index contributed by atoms with van der Waals surface area (Å²) in [5.74, 6) is 0.805. The van der Waals surface area contributed by atoms with E-state index in [-0.39, 0.29) is 51.0 Å². The maximum absolute atomic E-state index is 14.3. The molecule has 0 heterocycles. The standard InChI is InChI=1S/C31H48O4/c1-26(2)22-9-12-31(7)24(29(22,5)11-10-23(26)33)21(32)17-19-20-18-28(4,25(34)35-8)14-13-27(20,3)15-16-30(19,31)6/h17,20,22-24,33H,9-16,18H2,1-8H3/t20?,22?,23?,24?,27-,28-,29-,30-,31+/m1/s1. The van der Waals surface area contributed by atoms with Crippen LogP contribution >= 0.6 is 0 Å². The van der Waals surface area contributed by atoms with Crippen molar-refractivity contribution in [3.05, 3.63) is 11.6 Å². The summed E-state index contributed by atoms with van der Waals surface area (Å²) in [5, 5.41) is 10.9. The van der Waals surface area contributed by atoms with Crippen molar-refractivity contribution in [1.29, 1.82) is 0 Å². The van der Waals surface area contributed by atoms with Gasteiger partial charge in [-0.3, -0.25) is 9.59 Å². The van der Waals surface area contributed by atoms with Crippen LogP contribution in [0, 0.1) is 50.2 Å². The van der Waals surface area contributed by atoms with Crippen LogP contribution in [0.5, 0.6) is 0 Å². The molecule has 0 bridgehead atoms. The summed E-state index contributed by atoms with van der Waals surface area (Å²) in [6.45, 7) is 16.2. The van der Waals surface area contributed by atoms with Gasteiger partial charge < -0.3 is 9.84 Å². The van der Waals surface area contributed by atoms with E-state index in [0.717, 1.165) is 57.8 Å². The van der Waals surface area contributed by atoms with Gasteiger partial charge in [-0.15, -0.1) is 0 Å². The van der Waals surface area contributed by atoms with Crippen molar-refractivity contribution < 1.29 is 19.4 Å². The summed E-state index contributed by atoms with van der Waals surface area (Å²) in [6.07, 6.45) is 10.5. The minimum absolute atomic E-state index is 0.00536. The number of hydrogen-bond donors (Lipinski definition) is 1. The summed E-state index contributed by atoms with van der Waals surface area (Å²) < 4.78 is 5.25. The Kier molecular flexibility index (Phi) is 5.43. The molecule has 5 aliphatic rings. The van der Waals surface area contributed by atoms with E-state index in [2.05, 4.69) is 54.5 Å². The van der Waals surface area contributed by atoms with Crippen molar-refractivity contribution in [2.45, 2.75) is 112 Å². The van der Waals surface area contributed by atoms with E-state index >= 15 is 0 Å². The normalized spacial score (nSPS) is 52.8. The van der Waals surface area contributed by atoms with Crippen LogP contribution in [-0.2, 0) is 14.3 Å². The lowest BCUT2D eigenvalue weighted by Gasteiger charge is -2.70. The van der Waals surface area contributed by atoms with E-state index in [9.17, 15) is 14.7 Å². The van der Waals surface area contributed by atoms with Crippen LogP contribution in [0.1, 0.15) is 106 Å². The summed E-state index contributed by atoms with van der Waals surface area (Å²) >= 11 is 0. The molecule has 196 valence electrons. The second kappa shape index (κ2) is 7.45. The van der Waals surface area contributed by atoms with E-state index in [4.69, 9.17) is 4.74 Å². The second-order valence-electron chi connectivity index (χ2n) is 15.1. The largest absolute Gasteiger partial charge is 0.469 e. The first-order valence-electron chi connectivity index (χ1n) is 14.1. The Morgan fingerprint density at radius 1 is 0.943 bits per heavy atom. The molecule has 4 saturated carbocycles. The predicted molar refractivity (Wildman–Crippen MR) is 137 cm³/mol. The molecule has 4 fully saturated rings.